The first kappa shape index (κ1) is 31.5. The van der Waals surface area contributed by atoms with Crippen LogP contribution in [0.4, 0.5) is 11.4 Å². The average molecular weight is 614 g/mol. The number of methoxy groups -OCH3 is 1. The maximum Gasteiger partial charge on any atom is 0.229 e. The normalized spacial score (nSPS) is 10.7. The van der Waals surface area contributed by atoms with E-state index in [1.54, 1.807) is 69.3 Å². The van der Waals surface area contributed by atoms with Gasteiger partial charge in [-0.1, -0.05) is 55.6 Å². The summed E-state index contributed by atoms with van der Waals surface area (Å²) in [4.78, 5) is 45.0. The maximum atomic E-state index is 12.7. The summed E-state index contributed by atoms with van der Waals surface area (Å²) < 4.78 is 4.97. The summed E-state index contributed by atoms with van der Waals surface area (Å²) in [5.41, 5.74) is 7.49. The number of halogens is 3. The van der Waals surface area contributed by atoms with Gasteiger partial charge in [0.15, 0.2) is 11.6 Å². The predicted octanol–water partition coefficient (Wildman–Crippen LogP) is 7.16. The molecule has 0 saturated heterocycles. The molecule has 2 aromatic heterocycles. The van der Waals surface area contributed by atoms with E-state index < -0.39 is 5.41 Å². The van der Waals surface area contributed by atoms with Crippen molar-refractivity contribution in [1.82, 2.24) is 9.97 Å². The van der Waals surface area contributed by atoms with Gasteiger partial charge in [-0.25, -0.2) is 9.97 Å². The number of ether oxygens (including phenoxy) is 1. The molecule has 2 aromatic carbocycles. The molecule has 2 heterocycles. The van der Waals surface area contributed by atoms with Crippen molar-refractivity contribution in [1.29, 1.82) is 0 Å². The van der Waals surface area contributed by atoms with Gasteiger partial charge in [-0.3, -0.25) is 14.4 Å². The van der Waals surface area contributed by atoms with E-state index in [9.17, 15) is 14.4 Å². The van der Waals surface area contributed by atoms with E-state index in [1.165, 1.54) is 31.6 Å². The van der Waals surface area contributed by atoms with E-state index in [4.69, 9.17) is 45.3 Å². The lowest BCUT2D eigenvalue weighted by molar-refractivity contribution is -0.123. The third-order valence-electron chi connectivity index (χ3n) is 5.61. The van der Waals surface area contributed by atoms with Gasteiger partial charge in [0, 0.05) is 61.9 Å². The second-order valence-electron chi connectivity index (χ2n) is 9.74. The van der Waals surface area contributed by atoms with Gasteiger partial charge in [0.05, 0.1) is 12.8 Å². The molecule has 4 rings (SSSR count). The van der Waals surface area contributed by atoms with Crippen LogP contribution in [0.1, 0.15) is 52.6 Å². The standard InChI is InChI=1S/C17H16Cl2N2O2.C13H11ClN2O2/c1-17(2,3)16(23)21-13-5-4-11(18)9-12(13)15(22)10-6-7-20-14(19)8-10;1-18-12-6-8(4-5-16-12)13(17)10-7-9(14)2-3-11(10)15/h4-9H,1-3H3,(H,21,23);2-7H,15H2,1H3. The van der Waals surface area contributed by atoms with E-state index in [0.717, 1.165) is 0 Å². The number of hydrogen-bond acceptors (Lipinski definition) is 7. The van der Waals surface area contributed by atoms with Gasteiger partial charge in [-0.15, -0.1) is 0 Å². The highest BCUT2D eigenvalue weighted by atomic mass is 35.5. The van der Waals surface area contributed by atoms with Gasteiger partial charge in [-0.2, -0.15) is 0 Å². The molecule has 0 aliphatic carbocycles. The monoisotopic (exact) mass is 612 g/mol. The second kappa shape index (κ2) is 13.6. The summed E-state index contributed by atoms with van der Waals surface area (Å²) >= 11 is 17.7. The number of carbonyl (C=O) groups is 3. The van der Waals surface area contributed by atoms with Crippen LogP contribution in [0.5, 0.6) is 5.88 Å². The van der Waals surface area contributed by atoms with Crippen LogP contribution in [0.2, 0.25) is 15.2 Å². The molecule has 4 aromatic rings. The number of nitrogen functional groups attached to an aromatic ring is 1. The molecule has 11 heteroatoms. The second-order valence-corrected chi connectivity index (χ2v) is 11.0. The Kier molecular flexibility index (Phi) is 10.5. The van der Waals surface area contributed by atoms with Crippen LogP contribution in [-0.2, 0) is 4.79 Å². The smallest absolute Gasteiger partial charge is 0.229 e. The van der Waals surface area contributed by atoms with Crippen molar-refractivity contribution in [3.63, 3.8) is 0 Å². The number of aromatic nitrogens is 2. The van der Waals surface area contributed by atoms with Crippen molar-refractivity contribution >= 4 is 63.7 Å². The molecule has 8 nitrogen and oxygen atoms in total. The zero-order chi connectivity index (χ0) is 30.3. The Bertz CT molecular complexity index is 1600. The summed E-state index contributed by atoms with van der Waals surface area (Å²) in [7, 11) is 1.49. The van der Waals surface area contributed by atoms with Crippen LogP contribution in [-0.4, -0.2) is 34.6 Å². The summed E-state index contributed by atoms with van der Waals surface area (Å²) in [6.45, 7) is 5.38. The first-order chi connectivity index (χ1) is 19.3. The Hall–Kier alpha value is -3.98. The SMILES string of the molecule is CC(C)(C)C(=O)Nc1ccc(Cl)cc1C(=O)c1ccnc(Cl)c1.COc1cc(C(=O)c2cc(Cl)ccc2N)ccn1. The third-order valence-corrected chi connectivity index (χ3v) is 6.29. The minimum atomic E-state index is -0.583. The number of nitrogens with one attached hydrogen (secondary N) is 1. The Morgan fingerprint density at radius 2 is 1.34 bits per heavy atom. The number of pyridine rings is 2. The van der Waals surface area contributed by atoms with Gasteiger partial charge in [-0.05, 0) is 54.6 Å². The Balaban J connectivity index is 0.000000232. The zero-order valence-electron chi connectivity index (χ0n) is 22.7. The summed E-state index contributed by atoms with van der Waals surface area (Å²) in [5, 5.41) is 3.87. The fourth-order valence-corrected chi connectivity index (χ4v) is 3.88. The van der Waals surface area contributed by atoms with E-state index >= 15 is 0 Å². The van der Waals surface area contributed by atoms with Crippen LogP contribution in [0.3, 0.4) is 0 Å². The molecular weight excluding hydrogens is 587 g/mol. The molecule has 3 N–H and O–H groups in total. The van der Waals surface area contributed by atoms with E-state index in [2.05, 4.69) is 15.3 Å². The average Bonchev–Trinajstić information content (AvgIpc) is 2.94. The molecule has 1 amide bonds. The molecule has 0 saturated carbocycles. The van der Waals surface area contributed by atoms with Crippen molar-refractivity contribution in [2.24, 2.45) is 5.41 Å². The zero-order valence-corrected chi connectivity index (χ0v) is 24.9. The Morgan fingerprint density at radius 1 is 0.780 bits per heavy atom. The molecule has 0 unspecified atom stereocenters. The van der Waals surface area contributed by atoms with Crippen molar-refractivity contribution in [2.75, 3.05) is 18.2 Å². The molecule has 0 bridgehead atoms. The number of rotatable bonds is 6. The number of carbonyl (C=O) groups excluding carboxylic acids is 3. The van der Waals surface area contributed by atoms with E-state index in [0.29, 0.717) is 49.6 Å². The lowest BCUT2D eigenvalue weighted by atomic mass is 9.95. The molecule has 212 valence electrons. The van der Waals surface area contributed by atoms with Crippen LogP contribution in [0.25, 0.3) is 0 Å². The fraction of sp³-hybridized carbons (Fsp3) is 0.167. The fourth-order valence-electron chi connectivity index (χ4n) is 3.37. The lowest BCUT2D eigenvalue weighted by Gasteiger charge is -2.19. The Labute approximate surface area is 252 Å². The summed E-state index contributed by atoms with van der Waals surface area (Å²) in [6, 6.07) is 15.7. The summed E-state index contributed by atoms with van der Waals surface area (Å²) in [6.07, 6.45) is 2.96. The first-order valence-electron chi connectivity index (χ1n) is 12.2. The van der Waals surface area contributed by atoms with Crippen LogP contribution < -0.4 is 15.8 Å². The van der Waals surface area contributed by atoms with Crippen molar-refractivity contribution in [2.45, 2.75) is 20.8 Å². The minimum absolute atomic E-state index is 0.193. The van der Waals surface area contributed by atoms with Crippen LogP contribution in [0, 0.1) is 5.41 Å². The topological polar surface area (TPSA) is 124 Å². The van der Waals surface area contributed by atoms with Crippen molar-refractivity contribution in [3.05, 3.63) is 111 Å². The van der Waals surface area contributed by atoms with Crippen LogP contribution in [0.15, 0.2) is 73.1 Å². The molecule has 0 spiro atoms. The highest BCUT2D eigenvalue weighted by Crippen LogP contribution is 2.26. The Morgan fingerprint density at radius 3 is 1.95 bits per heavy atom. The third kappa shape index (κ3) is 8.50. The lowest BCUT2D eigenvalue weighted by Crippen LogP contribution is -2.28. The van der Waals surface area contributed by atoms with Crippen LogP contribution >= 0.6 is 34.8 Å². The number of ketones is 2. The molecule has 0 fully saturated rings. The van der Waals surface area contributed by atoms with Crippen molar-refractivity contribution in [3.8, 4) is 5.88 Å². The quantitative estimate of drug-likeness (QED) is 0.134. The van der Waals surface area contributed by atoms with Gasteiger partial charge in [0.2, 0.25) is 11.8 Å². The minimum Gasteiger partial charge on any atom is -0.481 e. The molecule has 0 aliphatic heterocycles. The molecule has 41 heavy (non-hydrogen) atoms. The summed E-state index contributed by atoms with van der Waals surface area (Å²) in [5.74, 6) is -0.320. The highest BCUT2D eigenvalue weighted by molar-refractivity contribution is 6.32. The van der Waals surface area contributed by atoms with Gasteiger partial charge in [0.25, 0.3) is 0 Å². The first-order valence-corrected chi connectivity index (χ1v) is 13.3. The largest absolute Gasteiger partial charge is 0.481 e. The number of nitrogens with two attached hydrogens (primary N) is 1. The van der Waals surface area contributed by atoms with E-state index in [-0.39, 0.29) is 22.6 Å². The predicted molar refractivity (Wildman–Crippen MR) is 162 cm³/mol. The van der Waals surface area contributed by atoms with E-state index in [1.807, 2.05) is 0 Å². The number of hydrogen-bond donors (Lipinski definition) is 2. The highest BCUT2D eigenvalue weighted by Gasteiger charge is 2.24. The molecule has 0 aliphatic rings. The maximum absolute atomic E-state index is 12.7. The number of amides is 1. The molecular formula is C30H27Cl3N4O4. The van der Waals surface area contributed by atoms with Gasteiger partial charge in [0.1, 0.15) is 5.15 Å². The number of benzene rings is 2. The van der Waals surface area contributed by atoms with Gasteiger partial charge < -0.3 is 15.8 Å². The molecule has 0 atom stereocenters. The number of anilines is 2. The molecule has 0 radical (unpaired) electrons. The van der Waals surface area contributed by atoms with Gasteiger partial charge >= 0.3 is 0 Å². The number of nitrogens with zero attached hydrogens (tertiary/aromatic N) is 2. The van der Waals surface area contributed by atoms with Crippen molar-refractivity contribution < 1.29 is 19.1 Å².